The van der Waals surface area contributed by atoms with Gasteiger partial charge in [-0.05, 0) is 37.8 Å². The van der Waals surface area contributed by atoms with Gasteiger partial charge >= 0.3 is 0 Å². The molecule has 1 aliphatic heterocycles. The molecule has 0 unspecified atom stereocenters. The van der Waals surface area contributed by atoms with Crippen molar-refractivity contribution in [2.24, 2.45) is 11.8 Å². The number of methoxy groups -OCH3 is 1. The van der Waals surface area contributed by atoms with Gasteiger partial charge < -0.3 is 15.0 Å². The highest BCUT2D eigenvalue weighted by Crippen LogP contribution is 2.34. The van der Waals surface area contributed by atoms with Crippen molar-refractivity contribution in [3.63, 3.8) is 0 Å². The molecule has 1 aromatic carbocycles. The third kappa shape index (κ3) is 3.98. The lowest BCUT2D eigenvalue weighted by Crippen LogP contribution is -2.42. The predicted molar refractivity (Wildman–Crippen MR) is 105 cm³/mol. The highest BCUT2D eigenvalue weighted by molar-refractivity contribution is 7.14. The van der Waals surface area contributed by atoms with Gasteiger partial charge in [-0.25, -0.2) is 4.98 Å². The normalized spacial score (nSPS) is 17.6. The summed E-state index contributed by atoms with van der Waals surface area (Å²) < 4.78 is 5.38. The Bertz CT molecular complexity index is 839. The third-order valence-electron chi connectivity index (χ3n) is 5.22. The lowest BCUT2D eigenvalue weighted by atomic mass is 9.95. The second kappa shape index (κ2) is 7.68. The number of hydrogen-bond acceptors (Lipinski definition) is 5. The van der Waals surface area contributed by atoms with Gasteiger partial charge in [-0.15, -0.1) is 11.3 Å². The molecule has 7 heteroatoms. The molecule has 2 aromatic rings. The molecule has 2 fully saturated rings. The van der Waals surface area contributed by atoms with E-state index >= 15 is 0 Å². The first kappa shape index (κ1) is 18.0. The number of para-hydroxylation sites is 1. The molecule has 6 nitrogen and oxygen atoms in total. The Hall–Kier alpha value is -2.41. The minimum atomic E-state index is -0.0631. The number of ether oxygens (including phenoxy) is 1. The fraction of sp³-hybridized carbons (Fsp3) is 0.450. The summed E-state index contributed by atoms with van der Waals surface area (Å²) in [7, 11) is 1.63. The molecule has 1 saturated heterocycles. The van der Waals surface area contributed by atoms with E-state index in [0.29, 0.717) is 18.2 Å². The van der Waals surface area contributed by atoms with Crippen molar-refractivity contribution in [3.8, 4) is 17.0 Å². The van der Waals surface area contributed by atoms with E-state index in [0.717, 1.165) is 42.7 Å². The molecule has 1 aliphatic carbocycles. The van der Waals surface area contributed by atoms with Crippen LogP contribution >= 0.6 is 11.3 Å². The number of carbonyl (C=O) groups excluding carboxylic acids is 2. The molecule has 1 saturated carbocycles. The number of amides is 2. The van der Waals surface area contributed by atoms with Gasteiger partial charge in [0.2, 0.25) is 11.8 Å². The number of aromatic nitrogens is 1. The largest absolute Gasteiger partial charge is 0.496 e. The van der Waals surface area contributed by atoms with Crippen molar-refractivity contribution >= 4 is 28.3 Å². The molecular formula is C20H23N3O3S. The van der Waals surface area contributed by atoms with E-state index in [1.165, 1.54) is 11.3 Å². The van der Waals surface area contributed by atoms with E-state index in [2.05, 4.69) is 10.3 Å². The molecule has 0 atom stereocenters. The van der Waals surface area contributed by atoms with E-state index in [1.54, 1.807) is 7.11 Å². The molecule has 0 bridgehead atoms. The van der Waals surface area contributed by atoms with Crippen LogP contribution in [0.4, 0.5) is 5.13 Å². The van der Waals surface area contributed by atoms with Gasteiger partial charge in [-0.1, -0.05) is 12.1 Å². The zero-order valence-corrected chi connectivity index (χ0v) is 16.1. The smallest absolute Gasteiger partial charge is 0.229 e. The zero-order chi connectivity index (χ0) is 18.8. The van der Waals surface area contributed by atoms with Crippen LogP contribution in [0.3, 0.4) is 0 Å². The number of thiazole rings is 1. The van der Waals surface area contributed by atoms with Crippen LogP contribution in [0.5, 0.6) is 5.75 Å². The summed E-state index contributed by atoms with van der Waals surface area (Å²) in [6.07, 6.45) is 3.49. The SMILES string of the molecule is COc1ccccc1-c1csc(NC(=O)C2CCN(C(=O)C3CC3)CC2)n1. The standard InChI is InChI=1S/C20H23N3O3S/c1-26-17-5-3-2-4-15(17)16-12-27-20(21-16)22-18(24)13-8-10-23(11-9-13)19(25)14-6-7-14/h2-5,12-14H,6-11H2,1H3,(H,21,22,24). The van der Waals surface area contributed by atoms with Crippen LogP contribution in [0.25, 0.3) is 11.3 Å². The van der Waals surface area contributed by atoms with Gasteiger partial charge in [0.1, 0.15) is 5.75 Å². The van der Waals surface area contributed by atoms with E-state index in [-0.39, 0.29) is 23.7 Å². The van der Waals surface area contributed by atoms with Gasteiger partial charge in [0, 0.05) is 35.9 Å². The first-order chi connectivity index (χ1) is 13.2. The minimum absolute atomic E-state index is 0.00514. The van der Waals surface area contributed by atoms with Crippen LogP contribution in [0.15, 0.2) is 29.6 Å². The molecule has 142 valence electrons. The van der Waals surface area contributed by atoms with E-state index < -0.39 is 0 Å². The van der Waals surface area contributed by atoms with Crippen LogP contribution < -0.4 is 10.1 Å². The maximum atomic E-state index is 12.6. The fourth-order valence-electron chi connectivity index (χ4n) is 3.47. The predicted octanol–water partition coefficient (Wildman–Crippen LogP) is 3.41. The molecular weight excluding hydrogens is 362 g/mol. The lowest BCUT2D eigenvalue weighted by molar-refractivity contribution is -0.135. The van der Waals surface area contributed by atoms with Crippen LogP contribution in [-0.2, 0) is 9.59 Å². The number of anilines is 1. The van der Waals surface area contributed by atoms with Crippen LogP contribution in [-0.4, -0.2) is 41.9 Å². The Morgan fingerprint density at radius 2 is 1.89 bits per heavy atom. The molecule has 0 radical (unpaired) electrons. The van der Waals surface area contributed by atoms with Crippen LogP contribution in [0.2, 0.25) is 0 Å². The van der Waals surface area contributed by atoms with Gasteiger partial charge in [-0.2, -0.15) is 0 Å². The average molecular weight is 385 g/mol. The quantitative estimate of drug-likeness (QED) is 0.856. The molecule has 1 N–H and O–H groups in total. The summed E-state index contributed by atoms with van der Waals surface area (Å²) in [6, 6.07) is 7.69. The first-order valence-corrected chi connectivity index (χ1v) is 10.2. The molecule has 2 amide bonds. The Morgan fingerprint density at radius 1 is 1.15 bits per heavy atom. The van der Waals surface area contributed by atoms with Gasteiger partial charge in [0.15, 0.2) is 5.13 Å². The number of likely N-dealkylation sites (tertiary alicyclic amines) is 1. The highest BCUT2D eigenvalue weighted by atomic mass is 32.1. The summed E-state index contributed by atoms with van der Waals surface area (Å²) in [5, 5.41) is 5.46. The maximum absolute atomic E-state index is 12.6. The van der Waals surface area contributed by atoms with Crippen molar-refractivity contribution in [2.45, 2.75) is 25.7 Å². The molecule has 1 aromatic heterocycles. The summed E-state index contributed by atoms with van der Waals surface area (Å²) in [6.45, 7) is 1.36. The van der Waals surface area contributed by atoms with Crippen LogP contribution in [0.1, 0.15) is 25.7 Å². The van der Waals surface area contributed by atoms with E-state index in [1.807, 2.05) is 34.5 Å². The number of nitrogens with one attached hydrogen (secondary N) is 1. The monoisotopic (exact) mass is 385 g/mol. The fourth-order valence-corrected chi connectivity index (χ4v) is 4.18. The molecule has 2 aliphatic rings. The summed E-state index contributed by atoms with van der Waals surface area (Å²) in [5.74, 6) is 1.21. The molecule has 0 spiro atoms. The second-order valence-corrected chi connectivity index (χ2v) is 7.96. The van der Waals surface area contributed by atoms with Crippen molar-refractivity contribution in [3.05, 3.63) is 29.6 Å². The summed E-state index contributed by atoms with van der Waals surface area (Å²) in [5.41, 5.74) is 1.70. The van der Waals surface area contributed by atoms with E-state index in [4.69, 9.17) is 4.74 Å². The third-order valence-corrected chi connectivity index (χ3v) is 5.98. The summed E-state index contributed by atoms with van der Waals surface area (Å²) in [4.78, 5) is 31.2. The van der Waals surface area contributed by atoms with Crippen molar-refractivity contribution < 1.29 is 14.3 Å². The van der Waals surface area contributed by atoms with Crippen LogP contribution in [0, 0.1) is 11.8 Å². The number of hydrogen-bond donors (Lipinski definition) is 1. The lowest BCUT2D eigenvalue weighted by Gasteiger charge is -2.31. The minimum Gasteiger partial charge on any atom is -0.496 e. The topological polar surface area (TPSA) is 71.5 Å². The Kier molecular flexibility index (Phi) is 5.11. The number of piperidine rings is 1. The van der Waals surface area contributed by atoms with Gasteiger partial charge in [-0.3, -0.25) is 9.59 Å². The van der Waals surface area contributed by atoms with Gasteiger partial charge in [0.05, 0.1) is 12.8 Å². The number of benzene rings is 1. The highest BCUT2D eigenvalue weighted by Gasteiger charge is 2.36. The van der Waals surface area contributed by atoms with E-state index in [9.17, 15) is 9.59 Å². The molecule has 27 heavy (non-hydrogen) atoms. The van der Waals surface area contributed by atoms with Crippen molar-refractivity contribution in [1.29, 1.82) is 0 Å². The van der Waals surface area contributed by atoms with Crippen molar-refractivity contribution in [2.75, 3.05) is 25.5 Å². The second-order valence-electron chi connectivity index (χ2n) is 7.10. The Morgan fingerprint density at radius 3 is 2.59 bits per heavy atom. The summed E-state index contributed by atoms with van der Waals surface area (Å²) >= 11 is 1.41. The first-order valence-electron chi connectivity index (χ1n) is 9.34. The zero-order valence-electron chi connectivity index (χ0n) is 15.3. The molecule has 4 rings (SSSR count). The number of nitrogens with zero attached hydrogens (tertiary/aromatic N) is 2. The Labute approximate surface area is 162 Å². The molecule has 2 heterocycles. The Balaban J connectivity index is 1.35. The van der Waals surface area contributed by atoms with Gasteiger partial charge in [0.25, 0.3) is 0 Å². The number of rotatable bonds is 5. The average Bonchev–Trinajstić information content (AvgIpc) is 3.46. The van der Waals surface area contributed by atoms with Crippen molar-refractivity contribution in [1.82, 2.24) is 9.88 Å². The maximum Gasteiger partial charge on any atom is 0.229 e. The number of carbonyl (C=O) groups is 2.